The molecule has 118 valence electrons. The van der Waals surface area contributed by atoms with Gasteiger partial charge in [0.1, 0.15) is 0 Å². The molecule has 0 aliphatic rings. The smallest absolute Gasteiger partial charge is 0.251 e. The van der Waals surface area contributed by atoms with Crippen molar-refractivity contribution in [2.24, 2.45) is 0 Å². The summed E-state index contributed by atoms with van der Waals surface area (Å²) in [5.41, 5.74) is 0.370. The zero-order valence-corrected chi connectivity index (χ0v) is 12.8. The van der Waals surface area contributed by atoms with Gasteiger partial charge in [0.2, 0.25) is 11.6 Å². The Kier molecular flexibility index (Phi) is 4.82. The van der Waals surface area contributed by atoms with Crippen LogP contribution in [0.4, 0.5) is 0 Å². The fourth-order valence-corrected chi connectivity index (χ4v) is 1.89. The Morgan fingerprint density at radius 2 is 1.82 bits per heavy atom. The summed E-state index contributed by atoms with van der Waals surface area (Å²) in [6.07, 6.45) is 0. The first kappa shape index (κ1) is 15.6. The Morgan fingerprint density at radius 1 is 1.18 bits per heavy atom. The number of aromatic nitrogens is 2. The van der Waals surface area contributed by atoms with E-state index in [4.69, 9.17) is 18.7 Å². The highest BCUT2D eigenvalue weighted by molar-refractivity contribution is 5.95. The number of carbonyl (C=O) groups is 1. The third-order valence-electron chi connectivity index (χ3n) is 2.90. The average molecular weight is 307 g/mol. The molecule has 1 aromatic carbocycles. The molecule has 0 aliphatic heterocycles. The largest absolute Gasteiger partial charge is 0.493 e. The molecule has 0 unspecified atom stereocenters. The lowest BCUT2D eigenvalue weighted by molar-refractivity contribution is 0.0949. The molecule has 8 heteroatoms. The predicted molar refractivity (Wildman–Crippen MR) is 76.3 cm³/mol. The Labute approximate surface area is 127 Å². The van der Waals surface area contributed by atoms with Crippen molar-refractivity contribution in [1.82, 2.24) is 15.5 Å². The van der Waals surface area contributed by atoms with E-state index in [1.54, 1.807) is 19.1 Å². The van der Waals surface area contributed by atoms with Gasteiger partial charge in [-0.2, -0.15) is 4.98 Å². The molecule has 1 N–H and O–H groups in total. The third kappa shape index (κ3) is 3.27. The van der Waals surface area contributed by atoms with E-state index in [0.29, 0.717) is 34.5 Å². The molecular formula is C14H17N3O5. The van der Waals surface area contributed by atoms with E-state index in [1.807, 2.05) is 0 Å². The lowest BCUT2D eigenvalue weighted by Gasteiger charge is -2.13. The standard InChI is InChI=1S/C14H17N3O5/c1-8-16-12(17-22-8)7-15-14(18)9-5-10(19-2)13(21-4)11(6-9)20-3/h5-6H,7H2,1-4H3,(H,15,18). The molecule has 0 spiro atoms. The fourth-order valence-electron chi connectivity index (χ4n) is 1.89. The van der Waals surface area contributed by atoms with Crippen LogP contribution in [-0.4, -0.2) is 37.4 Å². The van der Waals surface area contributed by atoms with Crippen molar-refractivity contribution in [3.8, 4) is 17.2 Å². The summed E-state index contributed by atoms with van der Waals surface area (Å²) in [5.74, 6) is 1.76. The Balaban J connectivity index is 2.18. The topological polar surface area (TPSA) is 95.7 Å². The molecule has 0 fully saturated rings. The van der Waals surface area contributed by atoms with Gasteiger partial charge in [0.05, 0.1) is 27.9 Å². The number of nitrogens with zero attached hydrogens (tertiary/aromatic N) is 2. The first-order valence-electron chi connectivity index (χ1n) is 6.46. The van der Waals surface area contributed by atoms with Crippen LogP contribution in [0.1, 0.15) is 22.1 Å². The van der Waals surface area contributed by atoms with Gasteiger partial charge in [0, 0.05) is 12.5 Å². The molecule has 1 amide bonds. The van der Waals surface area contributed by atoms with Gasteiger partial charge in [-0.15, -0.1) is 0 Å². The first-order valence-corrected chi connectivity index (χ1v) is 6.46. The van der Waals surface area contributed by atoms with Crippen LogP contribution in [0.3, 0.4) is 0 Å². The minimum atomic E-state index is -0.318. The maximum absolute atomic E-state index is 12.2. The summed E-state index contributed by atoms with van der Waals surface area (Å²) in [6, 6.07) is 3.14. The normalized spacial score (nSPS) is 10.2. The fraction of sp³-hybridized carbons (Fsp3) is 0.357. The molecule has 22 heavy (non-hydrogen) atoms. The van der Waals surface area contributed by atoms with Crippen LogP contribution in [0.5, 0.6) is 17.2 Å². The van der Waals surface area contributed by atoms with Crippen LogP contribution in [-0.2, 0) is 6.54 Å². The second kappa shape index (κ2) is 6.79. The van der Waals surface area contributed by atoms with Crippen molar-refractivity contribution in [1.29, 1.82) is 0 Å². The summed E-state index contributed by atoms with van der Waals surface area (Å²) in [6.45, 7) is 1.84. The van der Waals surface area contributed by atoms with Gasteiger partial charge in [-0.05, 0) is 12.1 Å². The van der Waals surface area contributed by atoms with E-state index in [2.05, 4.69) is 15.5 Å². The highest BCUT2D eigenvalue weighted by atomic mass is 16.5. The molecular weight excluding hydrogens is 290 g/mol. The number of hydrogen-bond donors (Lipinski definition) is 1. The van der Waals surface area contributed by atoms with E-state index in [9.17, 15) is 4.79 Å². The van der Waals surface area contributed by atoms with Crippen molar-refractivity contribution >= 4 is 5.91 Å². The van der Waals surface area contributed by atoms with E-state index >= 15 is 0 Å². The molecule has 2 aromatic rings. The number of ether oxygens (including phenoxy) is 3. The number of amides is 1. The monoisotopic (exact) mass is 307 g/mol. The SMILES string of the molecule is COc1cc(C(=O)NCc2noc(C)n2)cc(OC)c1OC. The molecule has 0 saturated carbocycles. The van der Waals surface area contributed by atoms with Gasteiger partial charge in [-0.1, -0.05) is 5.16 Å². The van der Waals surface area contributed by atoms with E-state index in [0.717, 1.165) is 0 Å². The van der Waals surface area contributed by atoms with E-state index in [-0.39, 0.29) is 12.5 Å². The van der Waals surface area contributed by atoms with Crippen LogP contribution >= 0.6 is 0 Å². The number of benzene rings is 1. The molecule has 0 aliphatic carbocycles. The van der Waals surface area contributed by atoms with Crippen molar-refractivity contribution in [3.05, 3.63) is 29.4 Å². The summed E-state index contributed by atoms with van der Waals surface area (Å²) >= 11 is 0. The van der Waals surface area contributed by atoms with Crippen molar-refractivity contribution in [2.75, 3.05) is 21.3 Å². The van der Waals surface area contributed by atoms with Gasteiger partial charge in [0.15, 0.2) is 17.3 Å². The maximum atomic E-state index is 12.2. The first-order chi connectivity index (χ1) is 10.6. The molecule has 1 aromatic heterocycles. The molecule has 1 heterocycles. The third-order valence-corrected chi connectivity index (χ3v) is 2.90. The second-order valence-corrected chi connectivity index (χ2v) is 4.33. The Hall–Kier alpha value is -2.77. The van der Waals surface area contributed by atoms with Crippen LogP contribution in [0.15, 0.2) is 16.7 Å². The number of hydrogen-bond acceptors (Lipinski definition) is 7. The summed E-state index contributed by atoms with van der Waals surface area (Å²) in [4.78, 5) is 16.2. The van der Waals surface area contributed by atoms with Crippen molar-refractivity contribution in [2.45, 2.75) is 13.5 Å². The molecule has 0 radical (unpaired) electrons. The van der Waals surface area contributed by atoms with Crippen molar-refractivity contribution < 1.29 is 23.5 Å². The highest BCUT2D eigenvalue weighted by Crippen LogP contribution is 2.38. The van der Waals surface area contributed by atoms with Crippen LogP contribution in [0.2, 0.25) is 0 Å². The lowest BCUT2D eigenvalue weighted by atomic mass is 10.1. The zero-order valence-electron chi connectivity index (χ0n) is 12.8. The molecule has 8 nitrogen and oxygen atoms in total. The van der Waals surface area contributed by atoms with Crippen LogP contribution in [0.25, 0.3) is 0 Å². The van der Waals surface area contributed by atoms with Gasteiger partial charge in [-0.25, -0.2) is 0 Å². The Bertz CT molecular complexity index is 643. The maximum Gasteiger partial charge on any atom is 0.251 e. The second-order valence-electron chi connectivity index (χ2n) is 4.33. The van der Waals surface area contributed by atoms with Gasteiger partial charge in [0.25, 0.3) is 5.91 Å². The van der Waals surface area contributed by atoms with E-state index < -0.39 is 0 Å². The van der Waals surface area contributed by atoms with Gasteiger partial charge in [-0.3, -0.25) is 4.79 Å². The molecule has 0 bridgehead atoms. The van der Waals surface area contributed by atoms with E-state index in [1.165, 1.54) is 21.3 Å². The van der Waals surface area contributed by atoms with Crippen molar-refractivity contribution in [3.63, 3.8) is 0 Å². The number of aryl methyl sites for hydroxylation is 1. The quantitative estimate of drug-likeness (QED) is 0.860. The molecule has 0 saturated heterocycles. The number of rotatable bonds is 6. The predicted octanol–water partition coefficient (Wildman–Crippen LogP) is 1.33. The number of methoxy groups -OCH3 is 3. The Morgan fingerprint density at radius 3 is 2.27 bits per heavy atom. The van der Waals surface area contributed by atoms with Crippen LogP contribution < -0.4 is 19.5 Å². The van der Waals surface area contributed by atoms with Crippen LogP contribution in [0, 0.1) is 6.92 Å². The average Bonchev–Trinajstić information content (AvgIpc) is 2.96. The number of nitrogens with one attached hydrogen (secondary N) is 1. The zero-order chi connectivity index (χ0) is 16.1. The summed E-state index contributed by atoms with van der Waals surface area (Å²) < 4.78 is 20.5. The minimum Gasteiger partial charge on any atom is -0.493 e. The minimum absolute atomic E-state index is 0.160. The van der Waals surface area contributed by atoms with Gasteiger partial charge < -0.3 is 24.1 Å². The molecule has 2 rings (SSSR count). The lowest BCUT2D eigenvalue weighted by Crippen LogP contribution is -2.23. The highest BCUT2D eigenvalue weighted by Gasteiger charge is 2.17. The summed E-state index contributed by atoms with van der Waals surface area (Å²) in [7, 11) is 4.47. The number of carbonyl (C=O) groups excluding carboxylic acids is 1. The van der Waals surface area contributed by atoms with Gasteiger partial charge >= 0.3 is 0 Å². The molecule has 0 atom stereocenters. The summed E-state index contributed by atoms with van der Waals surface area (Å²) in [5, 5.41) is 6.40.